The van der Waals surface area contributed by atoms with Gasteiger partial charge in [-0.2, -0.15) is 0 Å². The Morgan fingerprint density at radius 3 is 2.44 bits per heavy atom. The highest BCUT2D eigenvalue weighted by Gasteiger charge is 2.24. The number of esters is 1. The fourth-order valence-electron chi connectivity index (χ4n) is 2.45. The van der Waals surface area contributed by atoms with Gasteiger partial charge in [-0.05, 0) is 24.6 Å². The molecule has 0 fully saturated rings. The summed E-state index contributed by atoms with van der Waals surface area (Å²) in [7, 11) is 1.53. The standard InChI is InChI=1S/C19H21NO5/c1-3-25-19(23)15(12-21)20-18(22)14-10-7-11-16(24-2)17(14)13-8-5-4-6-9-13/h4-11,15,21H,3,12H2,1-2H3,(H,20,22)/t15-/m0/s1. The van der Waals surface area contributed by atoms with E-state index in [4.69, 9.17) is 9.47 Å². The average molecular weight is 343 g/mol. The number of carbonyl (C=O) groups is 2. The lowest BCUT2D eigenvalue weighted by molar-refractivity contribution is -0.146. The van der Waals surface area contributed by atoms with Crippen LogP contribution in [0.5, 0.6) is 5.75 Å². The van der Waals surface area contributed by atoms with Crippen molar-refractivity contribution >= 4 is 11.9 Å². The molecular formula is C19H21NO5. The molecule has 0 unspecified atom stereocenters. The Morgan fingerprint density at radius 2 is 1.84 bits per heavy atom. The molecule has 0 heterocycles. The van der Waals surface area contributed by atoms with E-state index < -0.39 is 24.5 Å². The Morgan fingerprint density at radius 1 is 1.12 bits per heavy atom. The molecule has 0 aliphatic heterocycles. The first-order chi connectivity index (χ1) is 12.1. The first-order valence-electron chi connectivity index (χ1n) is 7.93. The number of rotatable bonds is 7. The van der Waals surface area contributed by atoms with Gasteiger partial charge in [-0.3, -0.25) is 4.79 Å². The number of aliphatic hydroxyl groups excluding tert-OH is 1. The number of hydrogen-bond donors (Lipinski definition) is 2. The zero-order valence-electron chi connectivity index (χ0n) is 14.2. The fraction of sp³-hybridized carbons (Fsp3) is 0.263. The van der Waals surface area contributed by atoms with Crippen LogP contribution >= 0.6 is 0 Å². The summed E-state index contributed by atoms with van der Waals surface area (Å²) in [6, 6.07) is 13.3. The SMILES string of the molecule is CCOC(=O)[C@H](CO)NC(=O)c1cccc(OC)c1-c1ccccc1. The molecule has 2 N–H and O–H groups in total. The number of methoxy groups -OCH3 is 1. The smallest absolute Gasteiger partial charge is 0.331 e. The molecule has 0 radical (unpaired) electrons. The second-order valence-corrected chi connectivity index (χ2v) is 5.21. The number of hydrogen-bond acceptors (Lipinski definition) is 5. The zero-order chi connectivity index (χ0) is 18.2. The fourth-order valence-corrected chi connectivity index (χ4v) is 2.45. The van der Waals surface area contributed by atoms with Crippen molar-refractivity contribution in [3.8, 4) is 16.9 Å². The molecule has 0 aliphatic rings. The van der Waals surface area contributed by atoms with E-state index in [0.29, 0.717) is 16.9 Å². The van der Waals surface area contributed by atoms with E-state index in [0.717, 1.165) is 5.56 Å². The summed E-state index contributed by atoms with van der Waals surface area (Å²) in [5.41, 5.74) is 1.76. The Hall–Kier alpha value is -2.86. The minimum absolute atomic E-state index is 0.166. The van der Waals surface area contributed by atoms with Gasteiger partial charge in [-0.25, -0.2) is 4.79 Å². The van der Waals surface area contributed by atoms with Gasteiger partial charge in [0.15, 0.2) is 6.04 Å². The minimum atomic E-state index is -1.12. The summed E-state index contributed by atoms with van der Waals surface area (Å²) in [6.45, 7) is 1.28. The Balaban J connectivity index is 2.38. The van der Waals surface area contributed by atoms with Crippen LogP contribution in [-0.2, 0) is 9.53 Å². The molecule has 2 rings (SSSR count). The lowest BCUT2D eigenvalue weighted by Gasteiger charge is -2.18. The normalized spacial score (nSPS) is 11.5. The Labute approximate surface area is 146 Å². The van der Waals surface area contributed by atoms with Crippen LogP contribution in [0.25, 0.3) is 11.1 Å². The largest absolute Gasteiger partial charge is 0.496 e. The number of nitrogens with one attached hydrogen (secondary N) is 1. The van der Waals surface area contributed by atoms with E-state index in [-0.39, 0.29) is 6.61 Å². The number of aliphatic hydroxyl groups is 1. The van der Waals surface area contributed by atoms with Crippen LogP contribution in [0, 0.1) is 0 Å². The minimum Gasteiger partial charge on any atom is -0.496 e. The second kappa shape index (κ2) is 8.84. The van der Waals surface area contributed by atoms with Crippen molar-refractivity contribution in [1.82, 2.24) is 5.32 Å². The first kappa shape index (κ1) is 18.5. The van der Waals surface area contributed by atoms with Crippen molar-refractivity contribution in [1.29, 1.82) is 0 Å². The van der Waals surface area contributed by atoms with Crippen molar-refractivity contribution < 1.29 is 24.2 Å². The number of amides is 1. The molecule has 2 aromatic rings. The van der Waals surface area contributed by atoms with Gasteiger partial charge in [0.1, 0.15) is 5.75 Å². The third-order valence-corrected chi connectivity index (χ3v) is 3.61. The molecule has 0 aliphatic carbocycles. The van der Waals surface area contributed by atoms with Gasteiger partial charge in [0.05, 0.1) is 25.9 Å². The molecule has 0 bridgehead atoms. The average Bonchev–Trinajstić information content (AvgIpc) is 2.66. The topological polar surface area (TPSA) is 84.9 Å². The van der Waals surface area contributed by atoms with E-state index in [2.05, 4.69) is 5.32 Å². The van der Waals surface area contributed by atoms with Crippen molar-refractivity contribution in [2.75, 3.05) is 20.3 Å². The maximum absolute atomic E-state index is 12.7. The summed E-state index contributed by atoms with van der Waals surface area (Å²) in [5, 5.41) is 11.9. The molecule has 25 heavy (non-hydrogen) atoms. The van der Waals surface area contributed by atoms with Gasteiger partial charge >= 0.3 is 5.97 Å². The third-order valence-electron chi connectivity index (χ3n) is 3.61. The monoisotopic (exact) mass is 343 g/mol. The lowest BCUT2D eigenvalue weighted by Crippen LogP contribution is -2.44. The lowest BCUT2D eigenvalue weighted by atomic mass is 9.97. The van der Waals surface area contributed by atoms with Gasteiger partial charge in [-0.1, -0.05) is 36.4 Å². The van der Waals surface area contributed by atoms with Crippen LogP contribution < -0.4 is 10.1 Å². The highest BCUT2D eigenvalue weighted by atomic mass is 16.5. The highest BCUT2D eigenvalue weighted by molar-refractivity contribution is 6.03. The van der Waals surface area contributed by atoms with E-state index >= 15 is 0 Å². The van der Waals surface area contributed by atoms with Crippen LogP contribution in [0.2, 0.25) is 0 Å². The van der Waals surface area contributed by atoms with Gasteiger partial charge in [-0.15, -0.1) is 0 Å². The molecule has 0 saturated heterocycles. The van der Waals surface area contributed by atoms with Crippen molar-refractivity contribution in [2.45, 2.75) is 13.0 Å². The Kier molecular flexibility index (Phi) is 6.54. The summed E-state index contributed by atoms with van der Waals surface area (Å²) < 4.78 is 10.2. The van der Waals surface area contributed by atoms with Gasteiger partial charge in [0, 0.05) is 5.56 Å². The molecular weight excluding hydrogens is 322 g/mol. The van der Waals surface area contributed by atoms with Crippen LogP contribution in [0.3, 0.4) is 0 Å². The van der Waals surface area contributed by atoms with E-state index in [9.17, 15) is 14.7 Å². The summed E-state index contributed by atoms with van der Waals surface area (Å²) in [6.07, 6.45) is 0. The Bertz CT molecular complexity index is 730. The zero-order valence-corrected chi connectivity index (χ0v) is 14.2. The number of ether oxygens (including phenoxy) is 2. The second-order valence-electron chi connectivity index (χ2n) is 5.21. The van der Waals surface area contributed by atoms with E-state index in [1.54, 1.807) is 25.1 Å². The summed E-state index contributed by atoms with van der Waals surface area (Å²) >= 11 is 0. The number of benzene rings is 2. The van der Waals surface area contributed by atoms with Crippen molar-refractivity contribution in [3.05, 3.63) is 54.1 Å². The predicted octanol–water partition coefficient (Wildman–Crippen LogP) is 2.02. The molecule has 0 spiro atoms. The van der Waals surface area contributed by atoms with E-state index in [1.807, 2.05) is 30.3 Å². The molecule has 1 amide bonds. The summed E-state index contributed by atoms with van der Waals surface area (Å²) in [5.74, 6) is -0.636. The third kappa shape index (κ3) is 4.36. The van der Waals surface area contributed by atoms with Crippen molar-refractivity contribution in [2.24, 2.45) is 0 Å². The van der Waals surface area contributed by atoms with Crippen LogP contribution in [0.1, 0.15) is 17.3 Å². The quantitative estimate of drug-likeness (QED) is 0.751. The molecule has 6 nitrogen and oxygen atoms in total. The van der Waals surface area contributed by atoms with Crippen molar-refractivity contribution in [3.63, 3.8) is 0 Å². The molecule has 1 atom stereocenters. The molecule has 6 heteroatoms. The van der Waals surface area contributed by atoms with Gasteiger partial charge in [0.25, 0.3) is 5.91 Å². The molecule has 0 saturated carbocycles. The number of carbonyl (C=O) groups excluding carboxylic acids is 2. The maximum Gasteiger partial charge on any atom is 0.331 e. The highest BCUT2D eigenvalue weighted by Crippen LogP contribution is 2.33. The van der Waals surface area contributed by atoms with Gasteiger partial charge < -0.3 is 19.9 Å². The van der Waals surface area contributed by atoms with Crippen LogP contribution in [0.15, 0.2) is 48.5 Å². The predicted molar refractivity (Wildman–Crippen MR) is 93.4 cm³/mol. The molecule has 2 aromatic carbocycles. The maximum atomic E-state index is 12.7. The first-order valence-corrected chi connectivity index (χ1v) is 7.93. The van der Waals surface area contributed by atoms with E-state index in [1.165, 1.54) is 7.11 Å². The van der Waals surface area contributed by atoms with Gasteiger partial charge in [0.2, 0.25) is 0 Å². The van der Waals surface area contributed by atoms with Crippen LogP contribution in [0.4, 0.5) is 0 Å². The van der Waals surface area contributed by atoms with Crippen LogP contribution in [-0.4, -0.2) is 43.3 Å². The molecule has 0 aromatic heterocycles. The molecule has 132 valence electrons. The summed E-state index contributed by atoms with van der Waals surface area (Å²) in [4.78, 5) is 24.5.